The molecule has 0 aliphatic carbocycles. The summed E-state index contributed by atoms with van der Waals surface area (Å²) in [7, 11) is 0. The first kappa shape index (κ1) is 17.9. The summed E-state index contributed by atoms with van der Waals surface area (Å²) >= 11 is 12.0. The molecule has 0 atom stereocenters. The van der Waals surface area contributed by atoms with Crippen LogP contribution < -0.4 is 14.8 Å². The standard InChI is InChI=1S/C19H19Cl2NO3/c1-19(2)9-12-4-3-5-16(18(12)25-19)24-11-17(23)22-10-13-6-7-14(20)8-15(13)21/h3-8H,9-11H2,1-2H3,(H,22,23). The van der Waals surface area contributed by atoms with Gasteiger partial charge in [-0.25, -0.2) is 0 Å². The fourth-order valence-corrected chi connectivity index (χ4v) is 3.23. The van der Waals surface area contributed by atoms with E-state index < -0.39 is 0 Å². The zero-order valence-electron chi connectivity index (χ0n) is 14.1. The Morgan fingerprint density at radius 1 is 1.28 bits per heavy atom. The second-order valence-corrected chi connectivity index (χ2v) is 7.43. The molecule has 0 bridgehead atoms. The summed E-state index contributed by atoms with van der Waals surface area (Å²) in [6.07, 6.45) is 0.820. The lowest BCUT2D eigenvalue weighted by atomic mass is 10.0. The van der Waals surface area contributed by atoms with Crippen LogP contribution in [0.4, 0.5) is 0 Å². The fraction of sp³-hybridized carbons (Fsp3) is 0.316. The first-order valence-electron chi connectivity index (χ1n) is 7.98. The average Bonchev–Trinajstić information content (AvgIpc) is 2.86. The van der Waals surface area contributed by atoms with Gasteiger partial charge < -0.3 is 14.8 Å². The van der Waals surface area contributed by atoms with Gasteiger partial charge in [-0.2, -0.15) is 0 Å². The van der Waals surface area contributed by atoms with Crippen molar-refractivity contribution < 1.29 is 14.3 Å². The molecule has 1 aliphatic heterocycles. The van der Waals surface area contributed by atoms with Crippen LogP contribution in [0.2, 0.25) is 10.0 Å². The summed E-state index contributed by atoms with van der Waals surface area (Å²) in [6, 6.07) is 10.9. The minimum absolute atomic E-state index is 0.0918. The Kier molecular flexibility index (Phi) is 5.11. The van der Waals surface area contributed by atoms with Crippen LogP contribution in [0.15, 0.2) is 36.4 Å². The Hall–Kier alpha value is -1.91. The maximum absolute atomic E-state index is 12.0. The molecule has 4 nitrogen and oxygen atoms in total. The molecule has 132 valence electrons. The number of carbonyl (C=O) groups is 1. The number of para-hydroxylation sites is 1. The predicted molar refractivity (Wildman–Crippen MR) is 98.7 cm³/mol. The number of carbonyl (C=O) groups excluding carboxylic acids is 1. The van der Waals surface area contributed by atoms with E-state index in [1.54, 1.807) is 18.2 Å². The van der Waals surface area contributed by atoms with Crippen molar-refractivity contribution in [3.8, 4) is 11.5 Å². The smallest absolute Gasteiger partial charge is 0.258 e. The van der Waals surface area contributed by atoms with Gasteiger partial charge in [0.1, 0.15) is 5.60 Å². The highest BCUT2D eigenvalue weighted by molar-refractivity contribution is 6.35. The molecule has 0 radical (unpaired) electrons. The van der Waals surface area contributed by atoms with Crippen molar-refractivity contribution in [3.05, 3.63) is 57.6 Å². The summed E-state index contributed by atoms with van der Waals surface area (Å²) in [5, 5.41) is 3.86. The SMILES string of the molecule is CC1(C)Cc2cccc(OCC(=O)NCc3ccc(Cl)cc3Cl)c2O1. The van der Waals surface area contributed by atoms with Crippen molar-refractivity contribution in [3.63, 3.8) is 0 Å². The van der Waals surface area contributed by atoms with Crippen LogP contribution in [0.3, 0.4) is 0 Å². The number of hydrogen-bond donors (Lipinski definition) is 1. The summed E-state index contributed by atoms with van der Waals surface area (Å²) < 4.78 is 11.6. The van der Waals surface area contributed by atoms with E-state index in [4.69, 9.17) is 32.7 Å². The van der Waals surface area contributed by atoms with E-state index in [0.717, 1.165) is 23.3 Å². The lowest BCUT2D eigenvalue weighted by Gasteiger charge is -2.18. The highest BCUT2D eigenvalue weighted by atomic mass is 35.5. The van der Waals surface area contributed by atoms with Crippen molar-refractivity contribution >= 4 is 29.1 Å². The second kappa shape index (κ2) is 7.14. The monoisotopic (exact) mass is 379 g/mol. The highest BCUT2D eigenvalue weighted by Crippen LogP contribution is 2.41. The number of hydrogen-bond acceptors (Lipinski definition) is 3. The third-order valence-corrected chi connectivity index (χ3v) is 4.49. The fourth-order valence-electron chi connectivity index (χ4n) is 2.75. The Morgan fingerprint density at radius 3 is 2.84 bits per heavy atom. The van der Waals surface area contributed by atoms with E-state index in [1.807, 2.05) is 32.0 Å². The largest absolute Gasteiger partial charge is 0.483 e. The molecule has 0 fully saturated rings. The number of nitrogens with one attached hydrogen (secondary N) is 1. The molecule has 1 aliphatic rings. The van der Waals surface area contributed by atoms with E-state index in [2.05, 4.69) is 5.32 Å². The Morgan fingerprint density at radius 2 is 2.08 bits per heavy atom. The molecule has 0 saturated carbocycles. The lowest BCUT2D eigenvalue weighted by molar-refractivity contribution is -0.123. The van der Waals surface area contributed by atoms with Gasteiger partial charge in [0.15, 0.2) is 18.1 Å². The van der Waals surface area contributed by atoms with E-state index in [9.17, 15) is 4.79 Å². The van der Waals surface area contributed by atoms with E-state index in [0.29, 0.717) is 22.3 Å². The first-order valence-corrected chi connectivity index (χ1v) is 8.74. The molecule has 3 rings (SSSR count). The van der Waals surface area contributed by atoms with Gasteiger partial charge in [-0.3, -0.25) is 4.79 Å². The van der Waals surface area contributed by atoms with Gasteiger partial charge in [0, 0.05) is 28.6 Å². The topological polar surface area (TPSA) is 47.6 Å². The first-order chi connectivity index (χ1) is 11.8. The second-order valence-electron chi connectivity index (χ2n) is 6.58. The van der Waals surface area contributed by atoms with Crippen LogP contribution in [0.1, 0.15) is 25.0 Å². The minimum Gasteiger partial charge on any atom is -0.483 e. The van der Waals surface area contributed by atoms with Crippen molar-refractivity contribution in [2.45, 2.75) is 32.4 Å². The predicted octanol–water partition coefficient (Wildman–Crippen LogP) is 4.40. The molecular weight excluding hydrogens is 361 g/mol. The maximum atomic E-state index is 12.0. The van der Waals surface area contributed by atoms with Gasteiger partial charge in [0.25, 0.3) is 5.91 Å². The molecule has 1 N–H and O–H groups in total. The van der Waals surface area contributed by atoms with Crippen LogP contribution in [0, 0.1) is 0 Å². The minimum atomic E-state index is -0.255. The van der Waals surface area contributed by atoms with Gasteiger partial charge in [0.05, 0.1) is 0 Å². The molecule has 0 unspecified atom stereocenters. The van der Waals surface area contributed by atoms with Crippen molar-refractivity contribution in [1.29, 1.82) is 0 Å². The van der Waals surface area contributed by atoms with Crippen LogP contribution in [0.25, 0.3) is 0 Å². The third-order valence-electron chi connectivity index (χ3n) is 3.90. The molecule has 6 heteroatoms. The number of amides is 1. The van der Waals surface area contributed by atoms with Crippen LogP contribution >= 0.6 is 23.2 Å². The number of fused-ring (bicyclic) bond motifs is 1. The number of halogens is 2. The molecule has 0 spiro atoms. The third kappa shape index (κ3) is 4.39. The van der Waals surface area contributed by atoms with Crippen LogP contribution in [-0.2, 0) is 17.8 Å². The van der Waals surface area contributed by atoms with Crippen molar-refractivity contribution in [2.24, 2.45) is 0 Å². The van der Waals surface area contributed by atoms with Crippen LogP contribution in [-0.4, -0.2) is 18.1 Å². The van der Waals surface area contributed by atoms with Gasteiger partial charge in [-0.1, -0.05) is 41.4 Å². The highest BCUT2D eigenvalue weighted by Gasteiger charge is 2.32. The molecule has 25 heavy (non-hydrogen) atoms. The lowest BCUT2D eigenvalue weighted by Crippen LogP contribution is -2.28. The van der Waals surface area contributed by atoms with Crippen LogP contribution in [0.5, 0.6) is 11.5 Å². The summed E-state index contributed by atoms with van der Waals surface area (Å²) in [5.41, 5.74) is 1.64. The number of ether oxygens (including phenoxy) is 2. The van der Waals surface area contributed by atoms with E-state index in [1.165, 1.54) is 0 Å². The molecule has 1 heterocycles. The summed E-state index contributed by atoms with van der Waals surface area (Å²) in [5.74, 6) is 1.07. The zero-order valence-corrected chi connectivity index (χ0v) is 15.6. The Labute approximate surface area is 157 Å². The van der Waals surface area contributed by atoms with Crippen molar-refractivity contribution in [2.75, 3.05) is 6.61 Å². The maximum Gasteiger partial charge on any atom is 0.258 e. The van der Waals surface area contributed by atoms with E-state index >= 15 is 0 Å². The van der Waals surface area contributed by atoms with Gasteiger partial charge in [-0.05, 0) is 37.6 Å². The van der Waals surface area contributed by atoms with E-state index in [-0.39, 0.29) is 18.1 Å². The van der Waals surface area contributed by atoms with Gasteiger partial charge in [-0.15, -0.1) is 0 Å². The average molecular weight is 380 g/mol. The quantitative estimate of drug-likeness (QED) is 0.836. The molecule has 0 aromatic heterocycles. The molecule has 2 aromatic rings. The molecule has 0 saturated heterocycles. The van der Waals surface area contributed by atoms with Gasteiger partial charge in [0.2, 0.25) is 0 Å². The van der Waals surface area contributed by atoms with Crippen molar-refractivity contribution in [1.82, 2.24) is 5.32 Å². The summed E-state index contributed by atoms with van der Waals surface area (Å²) in [6.45, 7) is 4.28. The normalized spacial score (nSPS) is 14.6. The summed E-state index contributed by atoms with van der Waals surface area (Å²) in [4.78, 5) is 12.0. The Balaban J connectivity index is 1.56. The van der Waals surface area contributed by atoms with Gasteiger partial charge >= 0.3 is 0 Å². The molecule has 2 aromatic carbocycles. The number of benzene rings is 2. The number of rotatable bonds is 5. The Bertz CT molecular complexity index is 805. The zero-order chi connectivity index (χ0) is 18.0. The molecular formula is C19H19Cl2NO3. The molecule has 1 amide bonds.